The zero-order valence-corrected chi connectivity index (χ0v) is 14.5. The van der Waals surface area contributed by atoms with E-state index in [4.69, 9.17) is 9.47 Å². The number of ketones is 1. The van der Waals surface area contributed by atoms with Gasteiger partial charge < -0.3 is 19.7 Å². The highest BCUT2D eigenvalue weighted by Crippen LogP contribution is 2.31. The monoisotopic (exact) mass is 358 g/mol. The molecule has 0 saturated carbocycles. The molecular weight excluding hydrogens is 336 g/mol. The van der Waals surface area contributed by atoms with Crippen LogP contribution in [0.3, 0.4) is 0 Å². The highest BCUT2D eigenvalue weighted by molar-refractivity contribution is 6.01. The molecule has 2 amide bonds. The summed E-state index contributed by atoms with van der Waals surface area (Å²) in [5.74, 6) is 0.363. The number of nitrogens with zero attached hydrogens (tertiary/aromatic N) is 1. The van der Waals surface area contributed by atoms with Crippen LogP contribution in [0.1, 0.15) is 36.0 Å². The largest absolute Gasteiger partial charge is 0.482 e. The van der Waals surface area contributed by atoms with E-state index in [0.29, 0.717) is 49.5 Å². The van der Waals surface area contributed by atoms with Crippen LogP contribution in [-0.2, 0) is 14.3 Å². The minimum atomic E-state index is -0.300. The summed E-state index contributed by atoms with van der Waals surface area (Å²) in [7, 11) is 0. The van der Waals surface area contributed by atoms with E-state index < -0.39 is 0 Å². The standard InChI is InChI=1S/C19H22N2O5/c22-17-11-26-15-4-3-13(10-14(15)20-17)18(23)12-5-7-21(8-6-12)19(24)16-2-1-9-25-16/h3-4,10,12,16H,1-2,5-9,11H2,(H,20,22). The molecule has 26 heavy (non-hydrogen) atoms. The molecule has 0 aromatic heterocycles. The predicted molar refractivity (Wildman–Crippen MR) is 93.2 cm³/mol. The smallest absolute Gasteiger partial charge is 0.262 e. The lowest BCUT2D eigenvalue weighted by atomic mass is 9.88. The van der Waals surface area contributed by atoms with Gasteiger partial charge in [-0.1, -0.05) is 0 Å². The quantitative estimate of drug-likeness (QED) is 0.830. The number of likely N-dealkylation sites (tertiary alicyclic amines) is 1. The molecular formula is C19H22N2O5. The van der Waals surface area contributed by atoms with Gasteiger partial charge in [0.25, 0.3) is 11.8 Å². The van der Waals surface area contributed by atoms with Crippen molar-refractivity contribution >= 4 is 23.3 Å². The van der Waals surface area contributed by atoms with E-state index in [9.17, 15) is 14.4 Å². The predicted octanol–water partition coefficient (Wildman–Crippen LogP) is 1.62. The molecule has 1 aromatic rings. The second-order valence-electron chi connectivity index (χ2n) is 7.01. The minimum Gasteiger partial charge on any atom is -0.482 e. The molecule has 7 nitrogen and oxygen atoms in total. The van der Waals surface area contributed by atoms with Crippen LogP contribution in [0.5, 0.6) is 5.75 Å². The molecule has 1 atom stereocenters. The second kappa shape index (κ2) is 7.07. The van der Waals surface area contributed by atoms with Crippen molar-refractivity contribution in [3.63, 3.8) is 0 Å². The number of carbonyl (C=O) groups excluding carboxylic acids is 3. The Hall–Kier alpha value is -2.41. The van der Waals surface area contributed by atoms with Crippen LogP contribution < -0.4 is 10.1 Å². The lowest BCUT2D eigenvalue weighted by molar-refractivity contribution is -0.142. The number of ether oxygens (including phenoxy) is 2. The van der Waals surface area contributed by atoms with E-state index in [1.54, 1.807) is 18.2 Å². The third kappa shape index (κ3) is 3.31. The van der Waals surface area contributed by atoms with Crippen molar-refractivity contribution in [1.82, 2.24) is 4.90 Å². The van der Waals surface area contributed by atoms with E-state index in [2.05, 4.69) is 5.32 Å². The number of fused-ring (bicyclic) bond motifs is 1. The first kappa shape index (κ1) is 17.0. The molecule has 1 aromatic carbocycles. The second-order valence-corrected chi connectivity index (χ2v) is 7.01. The van der Waals surface area contributed by atoms with E-state index in [1.165, 1.54) is 0 Å². The van der Waals surface area contributed by atoms with Crippen molar-refractivity contribution in [3.8, 4) is 5.75 Å². The fourth-order valence-electron chi connectivity index (χ4n) is 3.81. The SMILES string of the molecule is O=C1COc2ccc(C(=O)C3CCN(C(=O)C4CCCO4)CC3)cc2N1. The third-order valence-corrected chi connectivity index (χ3v) is 5.28. The minimum absolute atomic E-state index is 0.00249. The molecule has 0 spiro atoms. The van der Waals surface area contributed by atoms with E-state index in [1.807, 2.05) is 4.90 Å². The lowest BCUT2D eigenvalue weighted by Crippen LogP contribution is -2.44. The normalized spacial score (nSPS) is 23.2. The summed E-state index contributed by atoms with van der Waals surface area (Å²) in [6.45, 7) is 1.82. The van der Waals surface area contributed by atoms with E-state index >= 15 is 0 Å². The summed E-state index contributed by atoms with van der Waals surface area (Å²) in [6, 6.07) is 5.14. The Morgan fingerprint density at radius 2 is 1.96 bits per heavy atom. The maximum Gasteiger partial charge on any atom is 0.262 e. The lowest BCUT2D eigenvalue weighted by Gasteiger charge is -2.32. The number of amides is 2. The summed E-state index contributed by atoms with van der Waals surface area (Å²) in [5.41, 5.74) is 1.11. The van der Waals surface area contributed by atoms with Gasteiger partial charge in [-0.2, -0.15) is 0 Å². The topological polar surface area (TPSA) is 84.9 Å². The number of nitrogens with one attached hydrogen (secondary N) is 1. The molecule has 2 fully saturated rings. The van der Waals surface area contributed by atoms with Crippen LogP contribution in [0, 0.1) is 5.92 Å². The first-order valence-electron chi connectivity index (χ1n) is 9.13. The van der Waals surface area contributed by atoms with E-state index in [-0.39, 0.29) is 36.2 Å². The van der Waals surface area contributed by atoms with Gasteiger partial charge in [0, 0.05) is 31.2 Å². The first-order valence-corrected chi connectivity index (χ1v) is 9.13. The average molecular weight is 358 g/mol. The Morgan fingerprint density at radius 1 is 1.15 bits per heavy atom. The Morgan fingerprint density at radius 3 is 2.69 bits per heavy atom. The van der Waals surface area contributed by atoms with Gasteiger partial charge in [-0.3, -0.25) is 14.4 Å². The fourth-order valence-corrected chi connectivity index (χ4v) is 3.81. The molecule has 1 unspecified atom stereocenters. The third-order valence-electron chi connectivity index (χ3n) is 5.28. The summed E-state index contributed by atoms with van der Waals surface area (Å²) in [5, 5.41) is 2.73. The van der Waals surface area contributed by atoms with Gasteiger partial charge in [-0.15, -0.1) is 0 Å². The van der Waals surface area contributed by atoms with E-state index in [0.717, 1.165) is 12.8 Å². The van der Waals surface area contributed by atoms with Gasteiger partial charge >= 0.3 is 0 Å². The highest BCUT2D eigenvalue weighted by atomic mass is 16.5. The Labute approximate surface area is 151 Å². The number of hydrogen-bond donors (Lipinski definition) is 1. The van der Waals surface area contributed by atoms with Gasteiger partial charge in [0.15, 0.2) is 12.4 Å². The fraction of sp³-hybridized carbons (Fsp3) is 0.526. The number of carbonyl (C=O) groups is 3. The number of piperidine rings is 1. The number of Topliss-reactive ketones (excluding diaryl/α,β-unsaturated/α-hetero) is 1. The van der Waals surface area contributed by atoms with Crippen molar-refractivity contribution < 1.29 is 23.9 Å². The molecule has 0 radical (unpaired) electrons. The number of anilines is 1. The summed E-state index contributed by atoms with van der Waals surface area (Å²) < 4.78 is 10.8. The molecule has 2 saturated heterocycles. The van der Waals surface area contributed by atoms with Crippen LogP contribution in [-0.4, -0.2) is 54.9 Å². The number of rotatable bonds is 3. The molecule has 3 heterocycles. The molecule has 0 bridgehead atoms. The first-order chi connectivity index (χ1) is 12.6. The van der Waals surface area contributed by atoms with Crippen LogP contribution in [0.2, 0.25) is 0 Å². The van der Waals surface area contributed by atoms with Crippen molar-refractivity contribution in [3.05, 3.63) is 23.8 Å². The molecule has 7 heteroatoms. The van der Waals surface area contributed by atoms with Crippen LogP contribution >= 0.6 is 0 Å². The Kier molecular flexibility index (Phi) is 4.63. The van der Waals surface area contributed by atoms with Crippen LogP contribution in [0.25, 0.3) is 0 Å². The maximum atomic E-state index is 12.8. The molecule has 3 aliphatic heterocycles. The summed E-state index contributed by atoms with van der Waals surface area (Å²) >= 11 is 0. The van der Waals surface area contributed by atoms with Crippen LogP contribution in [0.4, 0.5) is 5.69 Å². The zero-order chi connectivity index (χ0) is 18.1. The zero-order valence-electron chi connectivity index (χ0n) is 14.5. The average Bonchev–Trinajstić information content (AvgIpc) is 3.21. The molecule has 138 valence electrons. The van der Waals surface area contributed by atoms with Crippen LogP contribution in [0.15, 0.2) is 18.2 Å². The molecule has 4 rings (SSSR count). The molecule has 0 aliphatic carbocycles. The van der Waals surface area contributed by atoms with Gasteiger partial charge in [-0.05, 0) is 43.9 Å². The molecule has 3 aliphatic rings. The van der Waals surface area contributed by atoms with Crippen molar-refractivity contribution in [2.75, 3.05) is 31.6 Å². The molecule has 1 N–H and O–H groups in total. The highest BCUT2D eigenvalue weighted by Gasteiger charge is 2.33. The van der Waals surface area contributed by atoms with Gasteiger partial charge in [-0.25, -0.2) is 0 Å². The van der Waals surface area contributed by atoms with Gasteiger partial charge in [0.05, 0.1) is 5.69 Å². The number of benzene rings is 1. The van der Waals surface area contributed by atoms with Crippen molar-refractivity contribution in [1.29, 1.82) is 0 Å². The van der Waals surface area contributed by atoms with Crippen molar-refractivity contribution in [2.45, 2.75) is 31.8 Å². The Balaban J connectivity index is 1.38. The van der Waals surface area contributed by atoms with Gasteiger partial charge in [0.1, 0.15) is 11.9 Å². The number of hydrogen-bond acceptors (Lipinski definition) is 5. The summed E-state index contributed by atoms with van der Waals surface area (Å²) in [4.78, 5) is 38.5. The van der Waals surface area contributed by atoms with Gasteiger partial charge in [0.2, 0.25) is 0 Å². The van der Waals surface area contributed by atoms with Crippen molar-refractivity contribution in [2.24, 2.45) is 5.92 Å². The maximum absolute atomic E-state index is 12.8. The summed E-state index contributed by atoms with van der Waals surface area (Å²) in [6.07, 6.45) is 2.73. The Bertz CT molecular complexity index is 733.